The van der Waals surface area contributed by atoms with Gasteiger partial charge in [-0.05, 0) is 0 Å². The Labute approximate surface area is 99.8 Å². The fourth-order valence-corrected chi connectivity index (χ4v) is 2.19. The van der Waals surface area contributed by atoms with Crippen molar-refractivity contribution in [3.05, 3.63) is 0 Å². The Morgan fingerprint density at radius 3 is 2.87 bits per heavy atom. The second-order valence-electron chi connectivity index (χ2n) is 3.18. The predicted molar refractivity (Wildman–Crippen MR) is 48.4 cm³/mol. The molecule has 1 N–H and O–H groups in total. The summed E-state index contributed by atoms with van der Waals surface area (Å²) in [6.45, 7) is 1.45. The van der Waals surface area contributed by atoms with Crippen LogP contribution in [0.5, 0.6) is 0 Å². The van der Waals surface area contributed by atoms with E-state index in [1.54, 1.807) is 6.07 Å². The Hall–Kier alpha value is 0.353. The Morgan fingerprint density at radius 2 is 2.47 bits per heavy atom. The minimum absolute atomic E-state index is 0.383. The van der Waals surface area contributed by atoms with Crippen LogP contribution in [0, 0.1) is 17.2 Å². The molecule has 0 aromatic rings. The third kappa shape index (κ3) is 2.93. The van der Waals surface area contributed by atoms with Gasteiger partial charge in [-0.2, -0.15) is 0 Å². The molecule has 1 heterocycles. The number of aliphatic hydroxyl groups is 1. The summed E-state index contributed by atoms with van der Waals surface area (Å²) >= 11 is 1.21. The molecule has 1 rings (SSSR count). The van der Waals surface area contributed by atoms with E-state index in [1.165, 1.54) is 18.8 Å². The van der Waals surface area contributed by atoms with Crippen LogP contribution in [0.25, 0.3) is 0 Å². The maximum absolute atomic E-state index is 13.9. The monoisotopic (exact) mass is 400 g/mol. The molecule has 5 atom stereocenters. The van der Waals surface area contributed by atoms with Crippen molar-refractivity contribution in [3.63, 3.8) is 0 Å². The molecule has 0 aromatic carbocycles. The molecule has 0 amide bonds. The van der Waals surface area contributed by atoms with Gasteiger partial charge in [-0.3, -0.25) is 0 Å². The Morgan fingerprint density at radius 1 is 1.87 bits per heavy atom. The zero-order valence-corrected chi connectivity index (χ0v) is 11.8. The second kappa shape index (κ2) is 5.12. The summed E-state index contributed by atoms with van der Waals surface area (Å²) in [6, 6.07) is 0.616. The SMILES string of the molecule is [B][C@@H]1O[C@](F)(CO[P+](C)=[W])[C@@H](O)[C@H]1C#N. The van der Waals surface area contributed by atoms with Crippen LogP contribution in [0.3, 0.4) is 0 Å². The summed E-state index contributed by atoms with van der Waals surface area (Å²) in [5.41, 5.74) is 0. The summed E-state index contributed by atoms with van der Waals surface area (Å²) in [6.07, 6.45) is -1.55. The van der Waals surface area contributed by atoms with E-state index in [4.69, 9.17) is 22.4 Å². The second-order valence-corrected chi connectivity index (χ2v) is 9.86. The molecule has 1 aliphatic rings. The predicted octanol–water partition coefficient (Wildman–Crippen LogP) is 0.183. The van der Waals surface area contributed by atoms with Gasteiger partial charge < -0.3 is 0 Å². The molecule has 0 aromatic heterocycles. The summed E-state index contributed by atoms with van der Waals surface area (Å²) < 4.78 is 23.8. The van der Waals surface area contributed by atoms with Gasteiger partial charge in [0.25, 0.3) is 0 Å². The topological polar surface area (TPSA) is 62.5 Å². The molecular formula is C7H9BFNO3PW+. The van der Waals surface area contributed by atoms with Crippen LogP contribution in [-0.2, 0) is 28.1 Å². The van der Waals surface area contributed by atoms with Gasteiger partial charge in [0.15, 0.2) is 0 Å². The first-order chi connectivity index (χ1) is 6.90. The molecule has 15 heavy (non-hydrogen) atoms. The number of halogens is 1. The van der Waals surface area contributed by atoms with Crippen molar-refractivity contribution in [2.24, 2.45) is 5.92 Å². The van der Waals surface area contributed by atoms with Gasteiger partial charge in [-0.15, -0.1) is 0 Å². The zero-order valence-electron chi connectivity index (χ0n) is 7.96. The molecule has 1 fully saturated rings. The number of ether oxygens (including phenoxy) is 1. The summed E-state index contributed by atoms with van der Waals surface area (Å²) in [5, 5.41) is 18.2. The van der Waals surface area contributed by atoms with Crippen LogP contribution >= 0.6 is 5.78 Å². The Balaban J connectivity index is 2.70. The van der Waals surface area contributed by atoms with Crippen molar-refractivity contribution in [3.8, 4) is 6.07 Å². The van der Waals surface area contributed by atoms with Crippen molar-refractivity contribution in [1.29, 1.82) is 5.26 Å². The van der Waals surface area contributed by atoms with Crippen LogP contribution in [0.2, 0.25) is 0 Å². The molecule has 1 aliphatic heterocycles. The van der Waals surface area contributed by atoms with Crippen molar-refractivity contribution >= 4 is 13.6 Å². The quantitative estimate of drug-likeness (QED) is 0.543. The van der Waals surface area contributed by atoms with E-state index < -0.39 is 29.7 Å². The van der Waals surface area contributed by atoms with Crippen molar-refractivity contribution in [1.82, 2.24) is 0 Å². The van der Waals surface area contributed by atoms with Crippen molar-refractivity contribution < 1.29 is 37.6 Å². The molecule has 2 radical (unpaired) electrons. The molecule has 0 spiro atoms. The number of nitriles is 1. The Kier molecular flexibility index (Phi) is 4.58. The van der Waals surface area contributed by atoms with Crippen LogP contribution in [0.15, 0.2) is 0 Å². The fraction of sp³-hybridized carbons (Fsp3) is 0.857. The van der Waals surface area contributed by atoms with Crippen LogP contribution in [0.4, 0.5) is 4.39 Å². The minimum atomic E-state index is -2.36. The first kappa shape index (κ1) is 13.4. The summed E-state index contributed by atoms with van der Waals surface area (Å²) in [7, 11) is 5.37. The van der Waals surface area contributed by atoms with E-state index >= 15 is 0 Å². The zero-order chi connectivity index (χ0) is 11.6. The van der Waals surface area contributed by atoms with Gasteiger partial charge >= 0.3 is 99.7 Å². The number of rotatable bonds is 3. The molecule has 0 bridgehead atoms. The number of alkyl halides is 1. The molecular weight excluding hydrogens is 391 g/mol. The third-order valence-corrected chi connectivity index (χ3v) is 3.69. The molecule has 0 saturated carbocycles. The van der Waals surface area contributed by atoms with E-state index in [0.717, 1.165) is 0 Å². The number of hydrogen-bond acceptors (Lipinski definition) is 4. The van der Waals surface area contributed by atoms with Gasteiger partial charge in [0.05, 0.1) is 0 Å². The summed E-state index contributed by atoms with van der Waals surface area (Å²) in [5.74, 6) is -4.08. The third-order valence-electron chi connectivity index (χ3n) is 2.06. The van der Waals surface area contributed by atoms with Gasteiger partial charge in [-0.25, -0.2) is 0 Å². The van der Waals surface area contributed by atoms with Crippen LogP contribution in [0.1, 0.15) is 0 Å². The van der Waals surface area contributed by atoms with Crippen LogP contribution < -0.4 is 0 Å². The van der Waals surface area contributed by atoms with E-state index in [0.29, 0.717) is 0 Å². The van der Waals surface area contributed by atoms with Crippen molar-refractivity contribution in [2.45, 2.75) is 18.0 Å². The summed E-state index contributed by atoms with van der Waals surface area (Å²) in [4.78, 5) is 0. The number of aliphatic hydroxyl groups excluding tert-OH is 1. The normalized spacial score (nSPS) is 41.2. The van der Waals surface area contributed by atoms with Crippen LogP contribution in [-0.4, -0.2) is 44.2 Å². The van der Waals surface area contributed by atoms with E-state index in [1.807, 2.05) is 6.66 Å². The van der Waals surface area contributed by atoms with Gasteiger partial charge in [-0.1, -0.05) is 0 Å². The van der Waals surface area contributed by atoms with Gasteiger partial charge in [0.2, 0.25) is 0 Å². The molecule has 1 unspecified atom stereocenters. The molecule has 1 saturated heterocycles. The molecule has 8 heteroatoms. The van der Waals surface area contributed by atoms with E-state index in [9.17, 15) is 9.50 Å². The first-order valence-corrected chi connectivity index (χ1v) is 9.70. The molecule has 4 nitrogen and oxygen atoms in total. The average molecular weight is 400 g/mol. The fourth-order valence-electron chi connectivity index (χ4n) is 1.26. The van der Waals surface area contributed by atoms with E-state index in [2.05, 4.69) is 0 Å². The first-order valence-electron chi connectivity index (χ1n) is 4.14. The molecule has 80 valence electrons. The number of nitrogens with zero attached hydrogens (tertiary/aromatic N) is 1. The maximum atomic E-state index is 13.9. The van der Waals surface area contributed by atoms with Crippen molar-refractivity contribution in [2.75, 3.05) is 13.3 Å². The van der Waals surface area contributed by atoms with Gasteiger partial charge in [0, 0.05) is 0 Å². The van der Waals surface area contributed by atoms with Gasteiger partial charge in [0.1, 0.15) is 0 Å². The molecule has 0 aliphatic carbocycles. The average Bonchev–Trinajstić information content (AvgIpc) is 2.36. The Bertz CT molecular complexity index is 315. The standard InChI is InChI=1S/C7H9BFNO3P.W/c1-14-12-3-7(9)5(11)4(2-10)6(8)13-7;/h4-6,11H,3H2,1H3;/q-1;+2/t4-,5+,6-,7-;/m1./s1. The van der Waals surface area contributed by atoms with E-state index in [-0.39, 0.29) is 6.61 Å². The number of hydrogen-bond donors (Lipinski definition) is 1.